The van der Waals surface area contributed by atoms with Crippen molar-refractivity contribution in [3.05, 3.63) is 17.1 Å². The second-order valence-electron chi connectivity index (χ2n) is 1.38. The summed E-state index contributed by atoms with van der Waals surface area (Å²) in [5.41, 5.74) is 5.84. The van der Waals surface area contributed by atoms with Gasteiger partial charge in [-0.05, 0) is 0 Å². The summed E-state index contributed by atoms with van der Waals surface area (Å²) in [6, 6.07) is 0. The van der Waals surface area contributed by atoms with Crippen LogP contribution in [0, 0.1) is 0 Å². The molecule has 0 aromatic carbocycles. The van der Waals surface area contributed by atoms with Crippen molar-refractivity contribution in [2.75, 3.05) is 0 Å². The van der Waals surface area contributed by atoms with Crippen LogP contribution >= 0.6 is 11.3 Å². The molecule has 3 nitrogen and oxygen atoms in total. The lowest BCUT2D eigenvalue weighted by molar-refractivity contribution is -0.128. The molecule has 0 unspecified atom stereocenters. The first-order valence-electron chi connectivity index (χ1n) is 2.54. The van der Waals surface area contributed by atoms with E-state index in [2.05, 4.69) is 10.7 Å². The fraction of sp³-hybridized carbons (Fsp3) is 0.200. The normalized spacial score (nSPS) is 8.64. The van der Waals surface area contributed by atoms with Gasteiger partial charge >= 0.3 is 6.43 Å². The molecule has 0 aliphatic carbocycles. The van der Waals surface area contributed by atoms with Crippen molar-refractivity contribution in [3.8, 4) is 0 Å². The summed E-state index contributed by atoms with van der Waals surface area (Å²) in [7, 11) is 0. The van der Waals surface area contributed by atoms with Crippen LogP contribution in [0.25, 0.3) is 0 Å². The molecule has 0 bridgehead atoms. The fourth-order valence-electron chi connectivity index (χ4n) is 0.176. The van der Waals surface area contributed by atoms with Crippen molar-refractivity contribution in [3.63, 3.8) is 0 Å². The van der Waals surface area contributed by atoms with E-state index in [-0.39, 0.29) is 0 Å². The van der Waals surface area contributed by atoms with E-state index >= 15 is 0 Å². The monoisotopic (exact) mass is 180 g/mol. The quantitative estimate of drug-likeness (QED) is 0.697. The predicted octanol–water partition coefficient (Wildman–Crippen LogP) is 0.880. The Morgan fingerprint density at radius 2 is 2.18 bits per heavy atom. The van der Waals surface area contributed by atoms with Crippen molar-refractivity contribution in [1.82, 2.24) is 4.98 Å². The van der Waals surface area contributed by atoms with Crippen LogP contribution in [0.5, 0.6) is 0 Å². The molecule has 6 heteroatoms. The maximum Gasteiger partial charge on any atom is 0.315 e. The van der Waals surface area contributed by atoms with Crippen molar-refractivity contribution >= 4 is 17.2 Å². The lowest BCUT2D eigenvalue weighted by Gasteiger charge is -1.82. The zero-order valence-electron chi connectivity index (χ0n) is 5.41. The molecule has 11 heavy (non-hydrogen) atoms. The van der Waals surface area contributed by atoms with Crippen molar-refractivity contribution in [2.45, 2.75) is 6.43 Å². The van der Waals surface area contributed by atoms with Gasteiger partial charge in [-0.1, -0.05) is 0 Å². The zero-order chi connectivity index (χ0) is 8.69. The van der Waals surface area contributed by atoms with Gasteiger partial charge in [0, 0.05) is 11.6 Å². The van der Waals surface area contributed by atoms with Crippen molar-refractivity contribution in [1.29, 1.82) is 0 Å². The van der Waals surface area contributed by atoms with E-state index in [4.69, 9.17) is 0 Å². The summed E-state index contributed by atoms with van der Waals surface area (Å²) < 4.78 is 21.4. The number of nitrogens with two attached hydrogens (primary N) is 1. The molecule has 2 N–H and O–H groups in total. The molecule has 1 rings (SSSR count). The SMILES string of the molecule is NC(=O)C(F)F.c1cscn1. The molecule has 62 valence electrons. The number of carbonyl (C=O) groups is 1. The smallest absolute Gasteiger partial charge is 0.315 e. The summed E-state index contributed by atoms with van der Waals surface area (Å²) in [5.74, 6) is -1.57. The first-order chi connectivity index (χ1) is 5.14. The maximum absolute atomic E-state index is 10.7. The molecular weight excluding hydrogens is 174 g/mol. The minimum atomic E-state index is -3.01. The number of primary amides is 1. The number of amides is 1. The third kappa shape index (κ3) is 6.85. The molecule has 0 saturated heterocycles. The highest BCUT2D eigenvalue weighted by molar-refractivity contribution is 7.07. The number of aromatic nitrogens is 1. The van der Waals surface area contributed by atoms with Crippen LogP contribution in [-0.4, -0.2) is 17.3 Å². The minimum absolute atomic E-state index is 1.57. The lowest BCUT2D eigenvalue weighted by Crippen LogP contribution is -2.19. The van der Waals surface area contributed by atoms with Crippen LogP contribution in [-0.2, 0) is 4.79 Å². The van der Waals surface area contributed by atoms with Crippen LogP contribution in [0.3, 0.4) is 0 Å². The summed E-state index contributed by atoms with van der Waals surface area (Å²) in [6.45, 7) is 0. The molecular formula is C5H6F2N2OS. The summed E-state index contributed by atoms with van der Waals surface area (Å²) >= 11 is 1.60. The van der Waals surface area contributed by atoms with Gasteiger partial charge in [-0.3, -0.25) is 9.78 Å². The van der Waals surface area contributed by atoms with E-state index in [1.165, 1.54) is 0 Å². The van der Waals surface area contributed by atoms with E-state index < -0.39 is 12.3 Å². The van der Waals surface area contributed by atoms with Gasteiger partial charge < -0.3 is 5.73 Å². The number of hydrogen-bond donors (Lipinski definition) is 1. The van der Waals surface area contributed by atoms with E-state index in [9.17, 15) is 13.6 Å². The lowest BCUT2D eigenvalue weighted by atomic mass is 10.7. The molecule has 0 radical (unpaired) electrons. The number of alkyl halides is 2. The van der Waals surface area contributed by atoms with E-state index in [0.717, 1.165) is 0 Å². The van der Waals surface area contributed by atoms with Gasteiger partial charge in [0.1, 0.15) is 0 Å². The second kappa shape index (κ2) is 5.72. The molecule has 1 aromatic rings. The first-order valence-corrected chi connectivity index (χ1v) is 3.48. The standard InChI is InChI=1S/C3H3NS.C2H3F2NO/c1-2-5-3-4-1;3-1(4)2(5)6/h1-3H;1H,(H2,5,6). The largest absolute Gasteiger partial charge is 0.365 e. The number of thiazole rings is 1. The molecule has 1 aromatic heterocycles. The Morgan fingerprint density at radius 3 is 2.27 bits per heavy atom. The van der Waals surface area contributed by atoms with Gasteiger partial charge in [0.25, 0.3) is 5.91 Å². The van der Waals surface area contributed by atoms with E-state index in [1.54, 1.807) is 23.0 Å². The summed E-state index contributed by atoms with van der Waals surface area (Å²) in [5, 5.41) is 1.93. The Morgan fingerprint density at radius 1 is 1.64 bits per heavy atom. The highest BCUT2D eigenvalue weighted by atomic mass is 32.1. The summed E-state index contributed by atoms with van der Waals surface area (Å²) in [6.07, 6.45) is -1.24. The van der Waals surface area contributed by atoms with E-state index in [1.807, 2.05) is 5.38 Å². The van der Waals surface area contributed by atoms with Crippen LogP contribution in [0.15, 0.2) is 17.1 Å². The molecule has 0 atom stereocenters. The average Bonchev–Trinajstić information content (AvgIpc) is 2.41. The summed E-state index contributed by atoms with van der Waals surface area (Å²) in [4.78, 5) is 12.9. The van der Waals surface area contributed by atoms with Crippen LogP contribution in [0.1, 0.15) is 0 Å². The van der Waals surface area contributed by atoms with Crippen LogP contribution in [0.2, 0.25) is 0 Å². The van der Waals surface area contributed by atoms with Gasteiger partial charge in [-0.2, -0.15) is 8.78 Å². The molecule has 1 heterocycles. The Bertz CT molecular complexity index is 173. The average molecular weight is 180 g/mol. The Hall–Kier alpha value is -1.04. The van der Waals surface area contributed by atoms with Gasteiger partial charge in [-0.15, -0.1) is 11.3 Å². The number of carbonyl (C=O) groups excluding carboxylic acids is 1. The highest BCUT2D eigenvalue weighted by Gasteiger charge is 2.07. The maximum atomic E-state index is 10.7. The molecule has 0 aliphatic rings. The Balaban J connectivity index is 0.000000183. The highest BCUT2D eigenvalue weighted by Crippen LogP contribution is 1.86. The van der Waals surface area contributed by atoms with Crippen molar-refractivity contribution in [2.24, 2.45) is 5.73 Å². The van der Waals surface area contributed by atoms with Gasteiger partial charge in [0.2, 0.25) is 0 Å². The number of hydrogen-bond acceptors (Lipinski definition) is 3. The van der Waals surface area contributed by atoms with Crippen LogP contribution in [0.4, 0.5) is 8.78 Å². The predicted molar refractivity (Wildman–Crippen MR) is 37.3 cm³/mol. The third-order valence-electron chi connectivity index (χ3n) is 0.562. The number of halogens is 2. The molecule has 1 amide bonds. The zero-order valence-corrected chi connectivity index (χ0v) is 6.22. The first kappa shape index (κ1) is 9.96. The second-order valence-corrected chi connectivity index (χ2v) is 2.13. The molecule has 0 spiro atoms. The molecule has 0 fully saturated rings. The minimum Gasteiger partial charge on any atom is -0.365 e. The molecule has 0 aliphatic heterocycles. The number of nitrogens with zero attached hydrogens (tertiary/aromatic N) is 1. The fourth-order valence-corrected chi connectivity index (χ4v) is 0.527. The van der Waals surface area contributed by atoms with Crippen molar-refractivity contribution < 1.29 is 13.6 Å². The van der Waals surface area contributed by atoms with Gasteiger partial charge in [0.15, 0.2) is 0 Å². The van der Waals surface area contributed by atoms with Gasteiger partial charge in [-0.25, -0.2) is 0 Å². The van der Waals surface area contributed by atoms with Crippen LogP contribution < -0.4 is 5.73 Å². The number of rotatable bonds is 1. The topological polar surface area (TPSA) is 56.0 Å². The Kier molecular flexibility index (Phi) is 5.18. The third-order valence-corrected chi connectivity index (χ3v) is 1.08. The van der Waals surface area contributed by atoms with E-state index in [0.29, 0.717) is 0 Å². The Labute approximate surface area is 65.9 Å². The van der Waals surface area contributed by atoms with Gasteiger partial charge in [0.05, 0.1) is 5.51 Å². The molecule has 0 saturated carbocycles.